The standard InChI is InChI=1S/C13H13F3N2O3S/c14-13(15,16)8-3-4-11-9(6-8)17-12-10(19)2-1-5-18(12)7-22(11,20)21/h1-4,6,10,12,17,19H,5,7H2/t10-,12?/m0/s1. The Balaban J connectivity index is 2.12. The lowest BCUT2D eigenvalue weighted by Crippen LogP contribution is -2.50. The summed E-state index contributed by atoms with van der Waals surface area (Å²) >= 11 is 0. The van der Waals surface area contributed by atoms with E-state index in [0.717, 1.165) is 18.2 Å². The molecule has 1 unspecified atom stereocenters. The Morgan fingerprint density at radius 1 is 1.32 bits per heavy atom. The SMILES string of the molecule is O=S1(=O)CN2CC=C[C@H](O)C2Nc2cc(C(F)(F)F)ccc21. The Morgan fingerprint density at radius 3 is 2.73 bits per heavy atom. The molecule has 2 N–H and O–H groups in total. The zero-order valence-corrected chi connectivity index (χ0v) is 12.0. The number of benzene rings is 1. The molecule has 0 saturated heterocycles. The first kappa shape index (κ1) is 15.3. The first-order valence-corrected chi connectivity index (χ1v) is 8.13. The van der Waals surface area contributed by atoms with Crippen LogP contribution in [0.25, 0.3) is 0 Å². The summed E-state index contributed by atoms with van der Waals surface area (Å²) in [5, 5.41) is 12.7. The number of rotatable bonds is 0. The van der Waals surface area contributed by atoms with Crippen molar-refractivity contribution >= 4 is 15.5 Å². The van der Waals surface area contributed by atoms with Gasteiger partial charge in [0.1, 0.15) is 18.1 Å². The second kappa shape index (κ2) is 4.97. The van der Waals surface area contributed by atoms with E-state index in [9.17, 15) is 26.7 Å². The highest BCUT2D eigenvalue weighted by molar-refractivity contribution is 7.91. The summed E-state index contributed by atoms with van der Waals surface area (Å²) < 4.78 is 63.1. The van der Waals surface area contributed by atoms with Crippen LogP contribution in [0.3, 0.4) is 0 Å². The minimum Gasteiger partial charge on any atom is -0.385 e. The van der Waals surface area contributed by atoms with Gasteiger partial charge in [0, 0.05) is 6.54 Å². The molecular weight excluding hydrogens is 321 g/mol. The van der Waals surface area contributed by atoms with E-state index in [2.05, 4.69) is 5.32 Å². The van der Waals surface area contributed by atoms with E-state index in [1.165, 1.54) is 11.0 Å². The molecule has 0 saturated carbocycles. The van der Waals surface area contributed by atoms with E-state index >= 15 is 0 Å². The molecule has 2 heterocycles. The normalized spacial score (nSPS) is 27.5. The Hall–Kier alpha value is -1.58. The highest BCUT2D eigenvalue weighted by Crippen LogP contribution is 2.36. The molecule has 2 aliphatic rings. The van der Waals surface area contributed by atoms with Crippen molar-refractivity contribution in [3.63, 3.8) is 0 Å². The van der Waals surface area contributed by atoms with Crippen molar-refractivity contribution in [1.82, 2.24) is 4.90 Å². The third-order valence-electron chi connectivity index (χ3n) is 3.67. The number of aliphatic hydroxyl groups excluding tert-OH is 1. The minimum atomic E-state index is -4.57. The van der Waals surface area contributed by atoms with Gasteiger partial charge in [-0.15, -0.1) is 0 Å². The number of nitrogens with one attached hydrogen (secondary N) is 1. The third-order valence-corrected chi connectivity index (χ3v) is 5.37. The minimum absolute atomic E-state index is 0.142. The van der Waals surface area contributed by atoms with Gasteiger partial charge in [0.2, 0.25) is 0 Å². The summed E-state index contributed by atoms with van der Waals surface area (Å²) in [6.45, 7) is 0.286. The van der Waals surface area contributed by atoms with Crippen molar-refractivity contribution < 1.29 is 26.7 Å². The Kier molecular flexibility index (Phi) is 3.46. The highest BCUT2D eigenvalue weighted by atomic mass is 32.2. The van der Waals surface area contributed by atoms with Gasteiger partial charge in [-0.25, -0.2) is 8.42 Å². The number of halogens is 3. The maximum absolute atomic E-state index is 12.8. The predicted octanol–water partition coefficient (Wildman–Crippen LogP) is 1.42. The molecule has 0 spiro atoms. The average Bonchev–Trinajstić information content (AvgIpc) is 2.52. The second-order valence-corrected chi connectivity index (χ2v) is 7.16. The lowest BCUT2D eigenvalue weighted by molar-refractivity contribution is -0.137. The van der Waals surface area contributed by atoms with Gasteiger partial charge in [-0.1, -0.05) is 12.2 Å². The van der Waals surface area contributed by atoms with Gasteiger partial charge >= 0.3 is 6.18 Å². The smallest absolute Gasteiger partial charge is 0.385 e. The average molecular weight is 334 g/mol. The number of hydrogen-bond acceptors (Lipinski definition) is 5. The zero-order chi connectivity index (χ0) is 16.1. The van der Waals surface area contributed by atoms with Gasteiger partial charge in [0.15, 0.2) is 9.84 Å². The van der Waals surface area contributed by atoms with Crippen molar-refractivity contribution in [3.8, 4) is 0 Å². The fraction of sp³-hybridized carbons (Fsp3) is 0.385. The molecule has 120 valence electrons. The summed E-state index contributed by atoms with van der Waals surface area (Å²) in [5.74, 6) is -0.371. The van der Waals surface area contributed by atoms with Crippen LogP contribution in [0.1, 0.15) is 5.56 Å². The maximum Gasteiger partial charge on any atom is 0.416 e. The summed E-state index contributed by atoms with van der Waals surface area (Å²) in [6, 6.07) is 2.47. The van der Waals surface area contributed by atoms with Gasteiger partial charge < -0.3 is 10.4 Å². The molecule has 9 heteroatoms. The topological polar surface area (TPSA) is 69.6 Å². The first-order valence-electron chi connectivity index (χ1n) is 6.48. The summed E-state index contributed by atoms with van der Waals surface area (Å²) in [6.07, 6.45) is -3.26. The molecule has 2 atom stereocenters. The molecule has 2 aliphatic heterocycles. The summed E-state index contributed by atoms with van der Waals surface area (Å²) in [5.41, 5.74) is -1.08. The van der Waals surface area contributed by atoms with Crippen LogP contribution in [-0.4, -0.2) is 43.1 Å². The van der Waals surface area contributed by atoms with Crippen LogP contribution in [0, 0.1) is 0 Å². The zero-order valence-electron chi connectivity index (χ0n) is 11.2. The van der Waals surface area contributed by atoms with Crippen molar-refractivity contribution in [2.45, 2.75) is 23.3 Å². The lowest BCUT2D eigenvalue weighted by Gasteiger charge is -2.34. The van der Waals surface area contributed by atoms with Gasteiger partial charge in [0.25, 0.3) is 0 Å². The lowest BCUT2D eigenvalue weighted by atomic mass is 10.1. The quantitative estimate of drug-likeness (QED) is 0.703. The van der Waals surface area contributed by atoms with E-state index < -0.39 is 33.8 Å². The van der Waals surface area contributed by atoms with E-state index in [1.54, 1.807) is 6.08 Å². The van der Waals surface area contributed by atoms with Gasteiger partial charge in [-0.2, -0.15) is 13.2 Å². The van der Waals surface area contributed by atoms with Crippen LogP contribution in [0.2, 0.25) is 0 Å². The first-order chi connectivity index (χ1) is 10.2. The Bertz CT molecular complexity index is 731. The molecule has 22 heavy (non-hydrogen) atoms. The predicted molar refractivity (Wildman–Crippen MR) is 72.8 cm³/mol. The van der Waals surface area contributed by atoms with Crippen LogP contribution in [0.5, 0.6) is 0 Å². The summed E-state index contributed by atoms with van der Waals surface area (Å²) in [4.78, 5) is 1.27. The highest BCUT2D eigenvalue weighted by Gasteiger charge is 2.38. The molecule has 5 nitrogen and oxygen atoms in total. The number of fused-ring (bicyclic) bond motifs is 2. The fourth-order valence-corrected chi connectivity index (χ4v) is 4.19. The number of anilines is 1. The molecule has 0 radical (unpaired) electrons. The molecule has 0 amide bonds. The molecule has 3 rings (SSSR count). The molecule has 0 aliphatic carbocycles. The summed E-state index contributed by atoms with van der Waals surface area (Å²) in [7, 11) is -3.78. The number of alkyl halides is 3. The Morgan fingerprint density at radius 2 is 2.05 bits per heavy atom. The molecule has 0 bridgehead atoms. The third kappa shape index (κ3) is 2.59. The molecule has 1 aromatic rings. The number of nitrogens with zero attached hydrogens (tertiary/aromatic N) is 1. The fourth-order valence-electron chi connectivity index (χ4n) is 2.62. The van der Waals surface area contributed by atoms with Crippen LogP contribution in [0.4, 0.5) is 18.9 Å². The largest absolute Gasteiger partial charge is 0.416 e. The van der Waals surface area contributed by atoms with E-state index in [-0.39, 0.29) is 23.0 Å². The van der Waals surface area contributed by atoms with Crippen LogP contribution in [0.15, 0.2) is 35.2 Å². The van der Waals surface area contributed by atoms with Crippen LogP contribution in [-0.2, 0) is 16.0 Å². The van der Waals surface area contributed by atoms with E-state index in [4.69, 9.17) is 0 Å². The monoisotopic (exact) mass is 334 g/mol. The second-order valence-electron chi connectivity index (χ2n) is 5.23. The van der Waals surface area contributed by atoms with Crippen LogP contribution >= 0.6 is 0 Å². The number of hydrogen-bond donors (Lipinski definition) is 2. The van der Waals surface area contributed by atoms with E-state index in [1.807, 2.05) is 0 Å². The van der Waals surface area contributed by atoms with Crippen molar-refractivity contribution in [2.24, 2.45) is 0 Å². The Labute approximate surface area is 125 Å². The molecular formula is C13H13F3N2O3S. The number of sulfone groups is 1. The molecule has 0 aromatic heterocycles. The van der Waals surface area contributed by atoms with Gasteiger partial charge in [-0.05, 0) is 18.2 Å². The maximum atomic E-state index is 12.8. The van der Waals surface area contributed by atoms with Crippen molar-refractivity contribution in [3.05, 3.63) is 35.9 Å². The van der Waals surface area contributed by atoms with E-state index in [0.29, 0.717) is 0 Å². The van der Waals surface area contributed by atoms with Crippen LogP contribution < -0.4 is 5.32 Å². The van der Waals surface area contributed by atoms with Crippen molar-refractivity contribution in [1.29, 1.82) is 0 Å². The van der Waals surface area contributed by atoms with Gasteiger partial charge in [-0.3, -0.25) is 4.90 Å². The molecule has 0 fully saturated rings. The molecule has 1 aromatic carbocycles. The number of aliphatic hydroxyl groups is 1. The van der Waals surface area contributed by atoms with Gasteiger partial charge in [0.05, 0.1) is 16.1 Å². The van der Waals surface area contributed by atoms with Crippen molar-refractivity contribution in [2.75, 3.05) is 17.7 Å².